The molecule has 0 saturated carbocycles. The lowest BCUT2D eigenvalue weighted by molar-refractivity contribution is -0.384. The van der Waals surface area contributed by atoms with Gasteiger partial charge in [-0.15, -0.1) is 10.2 Å². The standard InChI is InChI=1S/C21H20N4O5S/c26-19(22-16-6-8-17(9-7-16)25(27)28)13-31-21-24-23-20(30-21)12-29-18-10-5-14-3-1-2-4-15(14)11-18/h5-11H,1-4,12-13H2,(H,22,26). The molecular formula is C21H20N4O5S. The number of carbonyl (C=O) groups is 1. The van der Waals surface area contributed by atoms with Crippen LogP contribution >= 0.6 is 11.8 Å². The highest BCUT2D eigenvalue weighted by Gasteiger charge is 2.13. The van der Waals surface area contributed by atoms with Gasteiger partial charge in [-0.2, -0.15) is 0 Å². The number of hydrogen-bond acceptors (Lipinski definition) is 8. The van der Waals surface area contributed by atoms with Crippen molar-refractivity contribution in [1.82, 2.24) is 10.2 Å². The van der Waals surface area contributed by atoms with Crippen LogP contribution in [0, 0.1) is 10.1 Å². The molecule has 0 radical (unpaired) electrons. The van der Waals surface area contributed by atoms with Gasteiger partial charge in [-0.25, -0.2) is 0 Å². The molecule has 160 valence electrons. The summed E-state index contributed by atoms with van der Waals surface area (Å²) in [6, 6.07) is 11.8. The third kappa shape index (κ3) is 5.60. The molecule has 9 nitrogen and oxygen atoms in total. The molecule has 0 bridgehead atoms. The molecule has 0 aliphatic heterocycles. The first-order valence-corrected chi connectivity index (χ1v) is 10.8. The average Bonchev–Trinajstić information content (AvgIpc) is 3.24. The van der Waals surface area contributed by atoms with Crippen LogP contribution in [0.2, 0.25) is 0 Å². The smallest absolute Gasteiger partial charge is 0.277 e. The summed E-state index contributed by atoms with van der Waals surface area (Å²) in [7, 11) is 0. The second-order valence-corrected chi connectivity index (χ2v) is 7.96. The Balaban J connectivity index is 1.24. The maximum Gasteiger partial charge on any atom is 0.277 e. The molecule has 0 spiro atoms. The Morgan fingerprint density at radius 2 is 1.90 bits per heavy atom. The Hall–Kier alpha value is -3.40. The molecule has 4 rings (SSSR count). The van der Waals surface area contributed by atoms with Gasteiger partial charge < -0.3 is 14.5 Å². The van der Waals surface area contributed by atoms with E-state index in [0.717, 1.165) is 30.4 Å². The zero-order valence-electron chi connectivity index (χ0n) is 16.6. The van der Waals surface area contributed by atoms with Crippen LogP contribution in [0.4, 0.5) is 11.4 Å². The van der Waals surface area contributed by atoms with E-state index in [1.807, 2.05) is 6.07 Å². The van der Waals surface area contributed by atoms with Crippen LogP contribution in [-0.2, 0) is 24.2 Å². The number of ether oxygens (including phenoxy) is 1. The van der Waals surface area contributed by atoms with E-state index in [1.165, 1.54) is 48.2 Å². The fourth-order valence-electron chi connectivity index (χ4n) is 3.29. The molecule has 0 atom stereocenters. The number of nitro benzene ring substituents is 1. The number of rotatable bonds is 8. The molecule has 3 aromatic rings. The Labute approximate surface area is 182 Å². The molecule has 10 heteroatoms. The number of nitrogens with one attached hydrogen (secondary N) is 1. The number of nitro groups is 1. The van der Waals surface area contributed by atoms with Gasteiger partial charge in [0.05, 0.1) is 10.7 Å². The maximum absolute atomic E-state index is 12.1. The first kappa shape index (κ1) is 20.9. The number of hydrogen-bond donors (Lipinski definition) is 1. The Kier molecular flexibility index (Phi) is 6.46. The van der Waals surface area contributed by atoms with Gasteiger partial charge in [0.1, 0.15) is 5.75 Å². The fraction of sp³-hybridized carbons (Fsp3) is 0.286. The van der Waals surface area contributed by atoms with E-state index in [1.54, 1.807) is 0 Å². The first-order chi connectivity index (χ1) is 15.1. The van der Waals surface area contributed by atoms with E-state index < -0.39 is 4.92 Å². The molecule has 1 N–H and O–H groups in total. The summed E-state index contributed by atoms with van der Waals surface area (Å²) < 4.78 is 11.3. The van der Waals surface area contributed by atoms with Crippen molar-refractivity contribution < 1.29 is 18.9 Å². The molecule has 2 aromatic carbocycles. The van der Waals surface area contributed by atoms with Crippen molar-refractivity contribution in [1.29, 1.82) is 0 Å². The zero-order valence-corrected chi connectivity index (χ0v) is 17.4. The summed E-state index contributed by atoms with van der Waals surface area (Å²) in [5, 5.41) is 21.5. The van der Waals surface area contributed by atoms with Crippen molar-refractivity contribution in [2.45, 2.75) is 37.5 Å². The molecule has 0 saturated heterocycles. The van der Waals surface area contributed by atoms with E-state index in [9.17, 15) is 14.9 Å². The number of benzene rings is 2. The highest BCUT2D eigenvalue weighted by molar-refractivity contribution is 7.99. The minimum atomic E-state index is -0.496. The Morgan fingerprint density at radius 1 is 1.13 bits per heavy atom. The van der Waals surface area contributed by atoms with E-state index in [0.29, 0.717) is 11.6 Å². The lowest BCUT2D eigenvalue weighted by Crippen LogP contribution is -2.13. The second-order valence-electron chi connectivity index (χ2n) is 7.03. The number of carbonyl (C=O) groups excluding carboxylic acids is 1. The Morgan fingerprint density at radius 3 is 2.68 bits per heavy atom. The van der Waals surface area contributed by atoms with Crippen LogP contribution in [-0.4, -0.2) is 26.8 Å². The molecule has 1 aliphatic rings. The molecule has 31 heavy (non-hydrogen) atoms. The lowest BCUT2D eigenvalue weighted by atomic mass is 9.92. The van der Waals surface area contributed by atoms with Gasteiger partial charge in [0.2, 0.25) is 5.91 Å². The van der Waals surface area contributed by atoms with Crippen molar-refractivity contribution in [3.05, 3.63) is 69.6 Å². The summed E-state index contributed by atoms with van der Waals surface area (Å²) in [6.45, 7) is 0.154. The van der Waals surface area contributed by atoms with Gasteiger partial charge in [-0.1, -0.05) is 17.8 Å². The van der Waals surface area contributed by atoms with Crippen LogP contribution in [0.5, 0.6) is 5.75 Å². The van der Waals surface area contributed by atoms with Crippen molar-refractivity contribution in [2.24, 2.45) is 0 Å². The van der Waals surface area contributed by atoms with Crippen LogP contribution in [0.25, 0.3) is 0 Å². The van der Waals surface area contributed by atoms with Gasteiger partial charge in [0.25, 0.3) is 16.8 Å². The predicted molar refractivity (Wildman–Crippen MR) is 114 cm³/mol. The summed E-state index contributed by atoms with van der Waals surface area (Å²) >= 11 is 1.10. The third-order valence-corrected chi connectivity index (χ3v) is 5.64. The first-order valence-electron chi connectivity index (χ1n) is 9.81. The molecule has 0 unspecified atom stereocenters. The van der Waals surface area contributed by atoms with Crippen molar-refractivity contribution >= 4 is 29.0 Å². The Bertz CT molecular complexity index is 1080. The second kappa shape index (κ2) is 9.61. The van der Waals surface area contributed by atoms with E-state index in [2.05, 4.69) is 27.6 Å². The van der Waals surface area contributed by atoms with Gasteiger partial charge in [-0.05, 0) is 61.1 Å². The van der Waals surface area contributed by atoms with Gasteiger partial charge in [0.15, 0.2) is 6.61 Å². The third-order valence-electron chi connectivity index (χ3n) is 4.82. The average molecular weight is 440 g/mol. The minimum absolute atomic E-state index is 0.0385. The number of aromatic nitrogens is 2. The van der Waals surface area contributed by atoms with E-state index >= 15 is 0 Å². The highest BCUT2D eigenvalue weighted by atomic mass is 32.2. The van der Waals surface area contributed by atoms with Gasteiger partial charge >= 0.3 is 0 Å². The number of nitrogens with zero attached hydrogens (tertiary/aromatic N) is 3. The molecule has 0 fully saturated rings. The zero-order chi connectivity index (χ0) is 21.6. The largest absolute Gasteiger partial charge is 0.484 e. The normalized spacial score (nSPS) is 12.8. The van der Waals surface area contributed by atoms with Crippen LogP contribution in [0.15, 0.2) is 52.1 Å². The van der Waals surface area contributed by atoms with Crippen molar-refractivity contribution in [2.75, 3.05) is 11.1 Å². The molecule has 1 heterocycles. The van der Waals surface area contributed by atoms with E-state index in [-0.39, 0.29) is 29.2 Å². The lowest BCUT2D eigenvalue weighted by Gasteiger charge is -2.16. The van der Waals surface area contributed by atoms with Crippen molar-refractivity contribution in [3.63, 3.8) is 0 Å². The van der Waals surface area contributed by atoms with Crippen LogP contribution < -0.4 is 10.1 Å². The number of amides is 1. The fourth-order valence-corrected chi connectivity index (χ4v) is 3.87. The van der Waals surface area contributed by atoms with Crippen molar-refractivity contribution in [3.8, 4) is 5.75 Å². The summed E-state index contributed by atoms with van der Waals surface area (Å²) in [6.07, 6.45) is 4.65. The molecule has 1 aliphatic carbocycles. The number of fused-ring (bicyclic) bond motifs is 1. The SMILES string of the molecule is O=C(CSc1nnc(COc2ccc3c(c2)CCCC3)o1)Nc1ccc([N+](=O)[O-])cc1. The highest BCUT2D eigenvalue weighted by Crippen LogP contribution is 2.26. The maximum atomic E-state index is 12.1. The quantitative estimate of drug-likeness (QED) is 0.315. The molecule has 1 aromatic heterocycles. The number of anilines is 1. The van der Waals surface area contributed by atoms with Gasteiger partial charge in [0, 0.05) is 17.8 Å². The summed E-state index contributed by atoms with van der Waals surface area (Å²) in [5.41, 5.74) is 3.16. The molecule has 1 amide bonds. The van der Waals surface area contributed by atoms with Gasteiger partial charge in [-0.3, -0.25) is 14.9 Å². The summed E-state index contributed by atoms with van der Waals surface area (Å²) in [5.74, 6) is 0.875. The van der Waals surface area contributed by atoms with Crippen LogP contribution in [0.1, 0.15) is 29.9 Å². The predicted octanol–water partition coefficient (Wildman–Crippen LogP) is 4.17. The monoisotopic (exact) mass is 440 g/mol. The number of non-ortho nitro benzene ring substituents is 1. The number of aryl methyl sites for hydroxylation is 2. The topological polar surface area (TPSA) is 120 Å². The van der Waals surface area contributed by atoms with E-state index in [4.69, 9.17) is 9.15 Å². The van der Waals surface area contributed by atoms with Crippen LogP contribution in [0.3, 0.4) is 0 Å². The summed E-state index contributed by atoms with van der Waals surface area (Å²) in [4.78, 5) is 22.2. The minimum Gasteiger partial charge on any atom is -0.484 e. The molecular weight excluding hydrogens is 420 g/mol. The number of thioether (sulfide) groups is 1.